The van der Waals surface area contributed by atoms with Gasteiger partial charge in [-0.2, -0.15) is 0 Å². The zero-order valence-electron chi connectivity index (χ0n) is 17.1. The second-order valence-corrected chi connectivity index (χ2v) is 8.03. The molecular formula is C22H29N5O2. The van der Waals surface area contributed by atoms with Crippen LogP contribution < -0.4 is 5.73 Å². The second-order valence-electron chi connectivity index (χ2n) is 8.03. The first kappa shape index (κ1) is 19.4. The number of nitrogens with one attached hydrogen (secondary N) is 1. The Hall–Kier alpha value is -2.96. The van der Waals surface area contributed by atoms with Crippen LogP contribution in [0.4, 0.5) is 10.6 Å². The van der Waals surface area contributed by atoms with Crippen LogP contribution in [0.2, 0.25) is 0 Å². The predicted molar refractivity (Wildman–Crippen MR) is 114 cm³/mol. The summed E-state index contributed by atoms with van der Waals surface area (Å²) in [6.07, 6.45) is 3.57. The minimum absolute atomic E-state index is 0.215. The van der Waals surface area contributed by atoms with E-state index in [-0.39, 0.29) is 11.6 Å². The monoisotopic (exact) mass is 395 g/mol. The second kappa shape index (κ2) is 7.81. The van der Waals surface area contributed by atoms with Crippen molar-refractivity contribution in [2.45, 2.75) is 31.9 Å². The van der Waals surface area contributed by atoms with E-state index in [0.29, 0.717) is 18.3 Å². The summed E-state index contributed by atoms with van der Waals surface area (Å²) >= 11 is 0. The molecule has 0 bridgehead atoms. The highest BCUT2D eigenvalue weighted by Gasteiger charge is 2.56. The molecule has 3 heterocycles. The van der Waals surface area contributed by atoms with E-state index in [1.807, 2.05) is 47.5 Å². The molecule has 1 spiro atoms. The van der Waals surface area contributed by atoms with E-state index >= 15 is 0 Å². The number of aliphatic imine (C=N–C) groups is 1. The maximum absolute atomic E-state index is 12.9. The Labute approximate surface area is 171 Å². The van der Waals surface area contributed by atoms with Gasteiger partial charge in [-0.05, 0) is 30.4 Å². The number of aromatic nitrogens is 1. The Kier molecular flexibility index (Phi) is 5.22. The minimum Gasteiger partial charge on any atom is -0.445 e. The Morgan fingerprint density at radius 2 is 2.14 bits per heavy atom. The van der Waals surface area contributed by atoms with E-state index in [0.717, 1.165) is 49.4 Å². The van der Waals surface area contributed by atoms with Crippen molar-refractivity contribution in [3.05, 3.63) is 53.7 Å². The molecule has 0 radical (unpaired) electrons. The van der Waals surface area contributed by atoms with Gasteiger partial charge in [0.1, 0.15) is 18.3 Å². The van der Waals surface area contributed by atoms with Crippen molar-refractivity contribution in [2.24, 2.45) is 10.9 Å². The van der Waals surface area contributed by atoms with Crippen LogP contribution >= 0.6 is 0 Å². The molecule has 154 valence electrons. The average molecular weight is 396 g/mol. The van der Waals surface area contributed by atoms with Gasteiger partial charge >= 0.3 is 6.09 Å². The van der Waals surface area contributed by atoms with Crippen LogP contribution in [0, 0.1) is 5.92 Å². The van der Waals surface area contributed by atoms with Gasteiger partial charge in [0.15, 0.2) is 0 Å². The number of H-pyrrole nitrogens is 1. The summed E-state index contributed by atoms with van der Waals surface area (Å²) in [5.74, 6) is 1.90. The number of carbonyl (C=O) groups excluding carboxylic acids is 1. The maximum Gasteiger partial charge on any atom is 0.410 e. The smallest absolute Gasteiger partial charge is 0.410 e. The van der Waals surface area contributed by atoms with Gasteiger partial charge in [-0.25, -0.2) is 4.79 Å². The highest BCUT2D eigenvalue weighted by atomic mass is 16.6. The lowest BCUT2D eigenvalue weighted by Crippen LogP contribution is -2.73. The highest BCUT2D eigenvalue weighted by molar-refractivity contribution is 6.02. The van der Waals surface area contributed by atoms with Gasteiger partial charge in [-0.1, -0.05) is 37.3 Å². The number of likely N-dealkylation sites (tertiary alicyclic amines) is 2. The van der Waals surface area contributed by atoms with E-state index in [1.165, 1.54) is 0 Å². The maximum atomic E-state index is 12.9. The summed E-state index contributed by atoms with van der Waals surface area (Å²) in [4.78, 5) is 24.6. The quantitative estimate of drug-likeness (QED) is 0.618. The fourth-order valence-corrected chi connectivity index (χ4v) is 4.71. The molecule has 7 heteroatoms. The SMILES string of the molecule is C/N=C(\c1cc[nH]c1N)N1CCCC2(C1)C(C)CN2C(=O)OCc1ccccc1. The summed E-state index contributed by atoms with van der Waals surface area (Å²) in [5, 5.41) is 0. The van der Waals surface area contributed by atoms with Crippen LogP contribution in [0.1, 0.15) is 30.9 Å². The van der Waals surface area contributed by atoms with Crippen molar-refractivity contribution in [3.63, 3.8) is 0 Å². The van der Waals surface area contributed by atoms with E-state index in [4.69, 9.17) is 10.5 Å². The Balaban J connectivity index is 1.48. The van der Waals surface area contributed by atoms with Crippen LogP contribution in [-0.4, -0.2) is 58.9 Å². The predicted octanol–water partition coefficient (Wildman–Crippen LogP) is 3.10. The lowest BCUT2D eigenvalue weighted by atomic mass is 9.70. The number of rotatable bonds is 3. The number of anilines is 1. The van der Waals surface area contributed by atoms with E-state index in [1.54, 1.807) is 7.05 Å². The topological polar surface area (TPSA) is 87.0 Å². The first-order valence-corrected chi connectivity index (χ1v) is 10.2. The highest BCUT2D eigenvalue weighted by Crippen LogP contribution is 2.44. The van der Waals surface area contributed by atoms with Crippen molar-refractivity contribution < 1.29 is 9.53 Å². The molecule has 2 aliphatic rings. The number of nitrogens with two attached hydrogens (primary N) is 1. The molecule has 3 N–H and O–H groups in total. The average Bonchev–Trinajstić information content (AvgIpc) is 3.17. The van der Waals surface area contributed by atoms with E-state index < -0.39 is 0 Å². The number of amides is 1. The summed E-state index contributed by atoms with van der Waals surface area (Å²) in [7, 11) is 1.79. The van der Waals surface area contributed by atoms with Crippen molar-refractivity contribution in [2.75, 3.05) is 32.4 Å². The van der Waals surface area contributed by atoms with Crippen LogP contribution in [0.25, 0.3) is 0 Å². The lowest BCUT2D eigenvalue weighted by Gasteiger charge is -2.60. The number of amidine groups is 1. The number of aromatic amines is 1. The molecule has 2 aliphatic heterocycles. The van der Waals surface area contributed by atoms with E-state index in [9.17, 15) is 4.79 Å². The third-order valence-corrected chi connectivity index (χ3v) is 6.37. The third kappa shape index (κ3) is 3.45. The van der Waals surface area contributed by atoms with Crippen LogP contribution in [-0.2, 0) is 11.3 Å². The number of ether oxygens (including phenoxy) is 1. The van der Waals surface area contributed by atoms with Crippen molar-refractivity contribution in [1.82, 2.24) is 14.8 Å². The molecule has 1 amide bonds. The molecule has 2 unspecified atom stereocenters. The molecule has 2 saturated heterocycles. The lowest BCUT2D eigenvalue weighted by molar-refractivity contribution is -0.0904. The van der Waals surface area contributed by atoms with E-state index in [2.05, 4.69) is 21.8 Å². The van der Waals surface area contributed by atoms with Crippen LogP contribution in [0.15, 0.2) is 47.6 Å². The molecule has 2 aromatic rings. The molecule has 7 nitrogen and oxygen atoms in total. The van der Waals surface area contributed by atoms with Gasteiger partial charge in [0, 0.05) is 32.9 Å². The number of hydrogen-bond acceptors (Lipinski definition) is 4. The van der Waals surface area contributed by atoms with Gasteiger partial charge in [0.05, 0.1) is 11.1 Å². The summed E-state index contributed by atoms with van der Waals surface area (Å²) in [6.45, 7) is 4.89. The molecule has 1 aromatic heterocycles. The zero-order valence-corrected chi connectivity index (χ0v) is 17.1. The normalized spacial score (nSPS) is 24.5. The van der Waals surface area contributed by atoms with Gasteiger partial charge in [0.2, 0.25) is 0 Å². The summed E-state index contributed by atoms with van der Waals surface area (Å²) < 4.78 is 5.63. The zero-order chi connectivity index (χ0) is 20.4. The molecule has 2 atom stereocenters. The van der Waals surface area contributed by atoms with Crippen molar-refractivity contribution in [3.8, 4) is 0 Å². The number of hydrogen-bond donors (Lipinski definition) is 2. The first-order chi connectivity index (χ1) is 14.0. The fourth-order valence-electron chi connectivity index (χ4n) is 4.71. The van der Waals surface area contributed by atoms with Crippen LogP contribution in [0.5, 0.6) is 0 Å². The summed E-state index contributed by atoms with van der Waals surface area (Å²) in [6, 6.07) is 11.7. The molecule has 0 aliphatic carbocycles. The standard InChI is InChI=1S/C22H29N5O2/c1-16-13-27(21(28)29-14-17-7-4-3-5-8-17)22(16)10-6-12-26(15-22)20(24-2)18-9-11-25-19(18)23/h3-5,7-9,11,16,25H,6,10,12-15,23H2,1-2H3/b24-20+. The molecular weight excluding hydrogens is 366 g/mol. The van der Waals surface area contributed by atoms with Gasteiger partial charge in [0.25, 0.3) is 0 Å². The third-order valence-electron chi connectivity index (χ3n) is 6.37. The molecule has 4 rings (SSSR count). The fraction of sp³-hybridized carbons (Fsp3) is 0.455. The Morgan fingerprint density at radius 1 is 1.34 bits per heavy atom. The number of carbonyl (C=O) groups is 1. The Morgan fingerprint density at radius 3 is 2.79 bits per heavy atom. The molecule has 0 saturated carbocycles. The van der Waals surface area contributed by atoms with Crippen LogP contribution in [0.3, 0.4) is 0 Å². The largest absolute Gasteiger partial charge is 0.445 e. The van der Waals surface area contributed by atoms with Gasteiger partial charge in [-0.15, -0.1) is 0 Å². The molecule has 29 heavy (non-hydrogen) atoms. The summed E-state index contributed by atoms with van der Waals surface area (Å²) in [5.41, 5.74) is 7.78. The number of nitrogens with zero attached hydrogens (tertiary/aromatic N) is 3. The number of benzene rings is 1. The van der Waals surface area contributed by atoms with Gasteiger partial charge in [-0.3, -0.25) is 4.99 Å². The molecule has 2 fully saturated rings. The Bertz CT molecular complexity index is 894. The van der Waals surface area contributed by atoms with Crippen molar-refractivity contribution >= 4 is 17.7 Å². The minimum atomic E-state index is -0.232. The number of nitrogen functional groups attached to an aromatic ring is 1. The number of piperidine rings is 1. The first-order valence-electron chi connectivity index (χ1n) is 10.2. The van der Waals surface area contributed by atoms with Crippen molar-refractivity contribution in [1.29, 1.82) is 0 Å². The molecule has 1 aromatic carbocycles. The van der Waals surface area contributed by atoms with Gasteiger partial charge < -0.3 is 25.3 Å².